The summed E-state index contributed by atoms with van der Waals surface area (Å²) in [6.07, 6.45) is 5.51. The van der Waals surface area contributed by atoms with Crippen LogP contribution in [-0.2, 0) is 9.59 Å². The van der Waals surface area contributed by atoms with Crippen LogP contribution in [0.25, 0.3) is 0 Å². The van der Waals surface area contributed by atoms with E-state index in [4.69, 9.17) is 28.3 Å². The van der Waals surface area contributed by atoms with Crippen molar-refractivity contribution in [2.45, 2.75) is 77.5 Å². The molecule has 1 aromatic rings. The smallest absolute Gasteiger partial charge is 0.237 e. The van der Waals surface area contributed by atoms with Crippen molar-refractivity contribution < 1.29 is 24.2 Å². The Morgan fingerprint density at radius 3 is 2.62 bits per heavy atom. The summed E-state index contributed by atoms with van der Waals surface area (Å²) in [5, 5.41) is 28.2. The average Bonchev–Trinajstić information content (AvgIpc) is 3.20. The number of halogens is 3. The molecule has 0 saturated carbocycles. The summed E-state index contributed by atoms with van der Waals surface area (Å²) in [4.78, 5) is 28.0. The summed E-state index contributed by atoms with van der Waals surface area (Å²) in [7, 11) is 0. The van der Waals surface area contributed by atoms with Gasteiger partial charge in [0.15, 0.2) is 0 Å². The monoisotopic (exact) mass is 595 g/mol. The van der Waals surface area contributed by atoms with Gasteiger partial charge in [0.1, 0.15) is 5.83 Å². The Kier molecular flexibility index (Phi) is 11.0. The van der Waals surface area contributed by atoms with Crippen molar-refractivity contribution in [2.75, 3.05) is 13.2 Å². The van der Waals surface area contributed by atoms with Crippen molar-refractivity contribution in [3.05, 3.63) is 69.6 Å². The highest BCUT2D eigenvalue weighted by Gasteiger charge is 2.61. The predicted molar refractivity (Wildman–Crippen MR) is 156 cm³/mol. The highest BCUT2D eigenvalue weighted by atomic mass is 35.5. The Balaban J connectivity index is 2.10. The van der Waals surface area contributed by atoms with E-state index in [9.17, 15) is 14.7 Å². The molecule has 7 nitrogen and oxygen atoms in total. The topological polar surface area (TPSA) is 111 Å². The fraction of sp³-hybridized carbons (Fsp3) is 0.533. The highest BCUT2D eigenvalue weighted by molar-refractivity contribution is 6.31. The number of benzene rings is 1. The lowest BCUT2D eigenvalue weighted by atomic mass is 9.64. The Bertz CT molecular complexity index is 1180. The van der Waals surface area contributed by atoms with Gasteiger partial charge in [0.05, 0.1) is 29.2 Å². The molecule has 0 radical (unpaired) electrons. The quantitative estimate of drug-likeness (QED) is 0.262. The van der Waals surface area contributed by atoms with Crippen LogP contribution >= 0.6 is 23.2 Å². The molecule has 0 bridgehead atoms. The second kappa shape index (κ2) is 13.6. The van der Waals surface area contributed by atoms with E-state index in [1.54, 1.807) is 31.2 Å². The number of unbranched alkanes of at least 4 members (excludes halogenated alkanes) is 1. The molecule has 5 atom stereocenters. The van der Waals surface area contributed by atoms with Gasteiger partial charge in [-0.15, -0.1) is 0 Å². The standard InChI is InChI=1S/C30H40Cl2FN3O4/c1-18-14-22(32)23(33)11-12-30(28(40)35-18)24(16-29(2,3)4)36-26(25(30)19-8-7-9-20(31)15-19)27(39)34-13-6-5-10-21(38)17-37/h7-9,11-12,14-15,21,24-26,36-38H,5-6,10,13,16-17H2,1-4H3,(H,34,39)(H,35,40)/b12-11+,18-14+,23-22-/t21-,24+,25-,26+,30-/m0/s1. The summed E-state index contributed by atoms with van der Waals surface area (Å²) in [5.41, 5.74) is -0.574. The third-order valence-corrected chi connectivity index (χ3v) is 7.89. The summed E-state index contributed by atoms with van der Waals surface area (Å²) in [6, 6.07) is 5.67. The Morgan fingerprint density at radius 1 is 1.25 bits per heavy atom. The van der Waals surface area contributed by atoms with E-state index in [0.29, 0.717) is 48.5 Å². The van der Waals surface area contributed by atoms with Gasteiger partial charge in [0, 0.05) is 29.2 Å². The Morgan fingerprint density at radius 2 is 1.98 bits per heavy atom. The highest BCUT2D eigenvalue weighted by Crippen LogP contribution is 2.52. The van der Waals surface area contributed by atoms with E-state index < -0.39 is 35.3 Å². The zero-order chi connectivity index (χ0) is 29.7. The van der Waals surface area contributed by atoms with Crippen LogP contribution in [0.4, 0.5) is 4.39 Å². The van der Waals surface area contributed by atoms with E-state index in [1.165, 1.54) is 12.2 Å². The number of nitrogens with one attached hydrogen (secondary N) is 3. The van der Waals surface area contributed by atoms with Crippen LogP contribution in [-0.4, -0.2) is 53.4 Å². The predicted octanol–water partition coefficient (Wildman–Crippen LogP) is 4.84. The van der Waals surface area contributed by atoms with E-state index in [-0.39, 0.29) is 28.9 Å². The first-order valence-electron chi connectivity index (χ1n) is 13.6. The molecule has 2 aliphatic rings. The van der Waals surface area contributed by atoms with Crippen molar-refractivity contribution in [3.63, 3.8) is 0 Å². The fourth-order valence-electron chi connectivity index (χ4n) is 5.56. The number of aliphatic hydroxyl groups excluding tert-OH is 2. The lowest BCUT2D eigenvalue weighted by molar-refractivity contribution is -0.129. The largest absolute Gasteiger partial charge is 0.394 e. The van der Waals surface area contributed by atoms with Crippen molar-refractivity contribution in [1.82, 2.24) is 16.0 Å². The number of hydrogen-bond donors (Lipinski definition) is 5. The minimum absolute atomic E-state index is 0.135. The third-order valence-electron chi connectivity index (χ3n) is 7.37. The van der Waals surface area contributed by atoms with Crippen molar-refractivity contribution >= 4 is 35.0 Å². The molecule has 2 amide bonds. The van der Waals surface area contributed by atoms with Gasteiger partial charge in [-0.3, -0.25) is 9.59 Å². The maximum absolute atomic E-state index is 15.1. The molecule has 10 heteroatoms. The minimum Gasteiger partial charge on any atom is -0.394 e. The molecule has 5 N–H and O–H groups in total. The summed E-state index contributed by atoms with van der Waals surface area (Å²) < 4.78 is 15.1. The average molecular weight is 597 g/mol. The molecule has 1 aromatic carbocycles. The van der Waals surface area contributed by atoms with Crippen molar-refractivity contribution in [2.24, 2.45) is 10.8 Å². The van der Waals surface area contributed by atoms with Crippen LogP contribution in [0.2, 0.25) is 5.02 Å². The van der Waals surface area contributed by atoms with Crippen LogP contribution in [0.5, 0.6) is 0 Å². The van der Waals surface area contributed by atoms with Gasteiger partial charge in [0.2, 0.25) is 11.8 Å². The summed E-state index contributed by atoms with van der Waals surface area (Å²) in [5.74, 6) is -2.10. The minimum atomic E-state index is -1.38. The second-order valence-electron chi connectivity index (χ2n) is 11.9. The zero-order valence-corrected chi connectivity index (χ0v) is 25.0. The number of hydrogen-bond acceptors (Lipinski definition) is 5. The van der Waals surface area contributed by atoms with E-state index >= 15 is 4.39 Å². The normalized spacial score (nSPS) is 30.1. The molecule has 40 heavy (non-hydrogen) atoms. The SMILES string of the molecule is C\C1=C/C(Cl)=C(F)\C=C\[C@]2(C(=O)N1)[C@@H](CC(C)(C)C)N[C@@H](C(=O)NCCCC[C@H](O)CO)[C@@H]2c1cccc(Cl)c1. The summed E-state index contributed by atoms with van der Waals surface area (Å²) >= 11 is 12.6. The van der Waals surface area contributed by atoms with Crippen molar-refractivity contribution in [1.29, 1.82) is 0 Å². The van der Waals surface area contributed by atoms with Crippen LogP contribution in [0.1, 0.15) is 64.9 Å². The van der Waals surface area contributed by atoms with Gasteiger partial charge >= 0.3 is 0 Å². The first-order chi connectivity index (χ1) is 18.8. The maximum Gasteiger partial charge on any atom is 0.237 e. The molecule has 220 valence electrons. The molecule has 1 saturated heterocycles. The second-order valence-corrected chi connectivity index (χ2v) is 12.7. The maximum atomic E-state index is 15.1. The molecule has 2 heterocycles. The number of carbonyl (C=O) groups excluding carboxylic acids is 2. The number of carbonyl (C=O) groups is 2. The molecular weight excluding hydrogens is 556 g/mol. The number of aliphatic hydroxyl groups is 2. The first-order valence-corrected chi connectivity index (χ1v) is 14.4. The lowest BCUT2D eigenvalue weighted by Gasteiger charge is -2.38. The Labute approximate surface area is 245 Å². The lowest BCUT2D eigenvalue weighted by Crippen LogP contribution is -2.50. The molecule has 1 spiro atoms. The van der Waals surface area contributed by atoms with E-state index in [0.717, 1.165) is 0 Å². The van der Waals surface area contributed by atoms with Gasteiger partial charge in [0.25, 0.3) is 0 Å². The van der Waals surface area contributed by atoms with Crippen LogP contribution in [0, 0.1) is 10.8 Å². The number of amides is 2. The van der Waals surface area contributed by atoms with Gasteiger partial charge < -0.3 is 26.2 Å². The third kappa shape index (κ3) is 7.74. The fourth-order valence-corrected chi connectivity index (χ4v) is 5.99. The Hall–Kier alpha value is -2.23. The number of allylic oxidation sites excluding steroid dienone is 5. The molecule has 2 aliphatic heterocycles. The van der Waals surface area contributed by atoms with Gasteiger partial charge in [-0.1, -0.05) is 62.2 Å². The molecule has 3 rings (SSSR count). The summed E-state index contributed by atoms with van der Waals surface area (Å²) in [6.45, 7) is 7.83. The van der Waals surface area contributed by atoms with Gasteiger partial charge in [-0.25, -0.2) is 4.39 Å². The first kappa shape index (κ1) is 32.3. The van der Waals surface area contributed by atoms with Crippen LogP contribution < -0.4 is 16.0 Å². The van der Waals surface area contributed by atoms with Gasteiger partial charge in [-0.2, -0.15) is 0 Å². The van der Waals surface area contributed by atoms with Crippen LogP contribution in [0.3, 0.4) is 0 Å². The van der Waals surface area contributed by atoms with E-state index in [1.807, 2.05) is 26.8 Å². The molecular formula is C30H40Cl2FN3O4. The number of rotatable bonds is 9. The van der Waals surface area contributed by atoms with Crippen LogP contribution in [0.15, 0.2) is 59.0 Å². The molecule has 0 aliphatic carbocycles. The molecule has 1 fully saturated rings. The van der Waals surface area contributed by atoms with E-state index in [2.05, 4.69) is 16.0 Å². The van der Waals surface area contributed by atoms with Crippen molar-refractivity contribution in [3.8, 4) is 0 Å². The molecule has 0 aromatic heterocycles. The molecule has 0 unspecified atom stereocenters. The van der Waals surface area contributed by atoms with Gasteiger partial charge in [-0.05, 0) is 67.9 Å². The zero-order valence-electron chi connectivity index (χ0n) is 23.4.